The molecule has 0 saturated heterocycles. The van der Waals surface area contributed by atoms with E-state index in [1.54, 1.807) is 6.92 Å². The molecule has 3 heteroatoms. The molecular weight excluding hydrogens is 272 g/mol. The lowest BCUT2D eigenvalue weighted by Crippen LogP contribution is -2.06. The number of ketones is 1. The molecule has 0 aliphatic heterocycles. The molecule has 0 bridgehead atoms. The Bertz CT molecular complexity index is 812. The Morgan fingerprint density at radius 2 is 1.36 bits per heavy atom. The average Bonchev–Trinajstić information content (AvgIpc) is 2.55. The van der Waals surface area contributed by atoms with E-state index in [4.69, 9.17) is 0 Å². The van der Waals surface area contributed by atoms with Gasteiger partial charge in [0.2, 0.25) is 0 Å². The molecule has 3 aromatic rings. The maximum atomic E-state index is 12.0. The van der Waals surface area contributed by atoms with Crippen LogP contribution in [0.3, 0.4) is 0 Å². The van der Waals surface area contributed by atoms with E-state index in [-0.39, 0.29) is 5.78 Å². The summed E-state index contributed by atoms with van der Waals surface area (Å²) in [7, 11) is 0. The van der Waals surface area contributed by atoms with E-state index in [2.05, 4.69) is 9.97 Å². The first-order valence-electron chi connectivity index (χ1n) is 7.17. The second kappa shape index (κ2) is 5.90. The molecule has 0 atom stereocenters. The SMILES string of the molecule is CC(=O)c1c(C)nc(-c2ccccc2)nc1-c1ccccc1. The van der Waals surface area contributed by atoms with Gasteiger partial charge in [0.05, 0.1) is 17.0 Å². The number of nitrogens with zero attached hydrogens (tertiary/aromatic N) is 2. The van der Waals surface area contributed by atoms with E-state index in [0.29, 0.717) is 22.8 Å². The highest BCUT2D eigenvalue weighted by Crippen LogP contribution is 2.27. The molecule has 1 aromatic heterocycles. The van der Waals surface area contributed by atoms with Gasteiger partial charge < -0.3 is 0 Å². The van der Waals surface area contributed by atoms with Crippen LogP contribution < -0.4 is 0 Å². The van der Waals surface area contributed by atoms with Crippen LogP contribution in [0.2, 0.25) is 0 Å². The Labute approximate surface area is 129 Å². The largest absolute Gasteiger partial charge is 0.294 e. The number of benzene rings is 2. The topological polar surface area (TPSA) is 42.9 Å². The molecule has 0 spiro atoms. The molecule has 0 radical (unpaired) electrons. The zero-order valence-corrected chi connectivity index (χ0v) is 12.6. The van der Waals surface area contributed by atoms with Crippen LogP contribution in [0.5, 0.6) is 0 Å². The summed E-state index contributed by atoms with van der Waals surface area (Å²) in [5, 5.41) is 0. The summed E-state index contributed by atoms with van der Waals surface area (Å²) in [6.45, 7) is 3.41. The van der Waals surface area contributed by atoms with Crippen molar-refractivity contribution in [3.05, 3.63) is 71.9 Å². The Hall–Kier alpha value is -2.81. The highest BCUT2D eigenvalue weighted by Gasteiger charge is 2.17. The first-order valence-corrected chi connectivity index (χ1v) is 7.17. The average molecular weight is 288 g/mol. The molecule has 3 rings (SSSR count). The monoisotopic (exact) mass is 288 g/mol. The van der Waals surface area contributed by atoms with Crippen LogP contribution in [-0.4, -0.2) is 15.8 Å². The van der Waals surface area contributed by atoms with Crippen molar-refractivity contribution in [3.63, 3.8) is 0 Å². The molecule has 3 nitrogen and oxygen atoms in total. The van der Waals surface area contributed by atoms with Crippen molar-refractivity contribution < 1.29 is 4.79 Å². The minimum absolute atomic E-state index is 0.0176. The molecule has 0 aliphatic carbocycles. The zero-order chi connectivity index (χ0) is 15.5. The van der Waals surface area contributed by atoms with E-state index in [0.717, 1.165) is 11.1 Å². The number of carbonyl (C=O) groups excluding carboxylic acids is 1. The third kappa shape index (κ3) is 2.66. The molecule has 108 valence electrons. The van der Waals surface area contributed by atoms with Crippen LogP contribution in [0.25, 0.3) is 22.6 Å². The van der Waals surface area contributed by atoms with Gasteiger partial charge >= 0.3 is 0 Å². The van der Waals surface area contributed by atoms with Gasteiger partial charge in [-0.05, 0) is 13.8 Å². The van der Waals surface area contributed by atoms with Gasteiger partial charge in [0.15, 0.2) is 11.6 Å². The van der Waals surface area contributed by atoms with Crippen molar-refractivity contribution in [1.29, 1.82) is 0 Å². The Morgan fingerprint density at radius 3 is 1.91 bits per heavy atom. The lowest BCUT2D eigenvalue weighted by Gasteiger charge is -2.11. The van der Waals surface area contributed by atoms with Gasteiger partial charge in [-0.3, -0.25) is 4.79 Å². The Balaban J connectivity index is 2.26. The molecule has 0 saturated carbocycles. The second-order valence-corrected chi connectivity index (χ2v) is 5.14. The summed E-state index contributed by atoms with van der Waals surface area (Å²) in [4.78, 5) is 21.2. The fraction of sp³-hybridized carbons (Fsp3) is 0.105. The van der Waals surface area contributed by atoms with Gasteiger partial charge in [-0.25, -0.2) is 9.97 Å². The second-order valence-electron chi connectivity index (χ2n) is 5.14. The molecule has 0 unspecified atom stereocenters. The van der Waals surface area contributed by atoms with Crippen LogP contribution >= 0.6 is 0 Å². The van der Waals surface area contributed by atoms with Crippen LogP contribution in [0.15, 0.2) is 60.7 Å². The zero-order valence-electron chi connectivity index (χ0n) is 12.6. The Morgan fingerprint density at radius 1 is 0.818 bits per heavy atom. The quantitative estimate of drug-likeness (QED) is 0.674. The molecule has 2 aromatic carbocycles. The van der Waals surface area contributed by atoms with Crippen LogP contribution in [0.4, 0.5) is 0 Å². The minimum Gasteiger partial charge on any atom is -0.294 e. The number of hydrogen-bond donors (Lipinski definition) is 0. The maximum absolute atomic E-state index is 12.0. The van der Waals surface area contributed by atoms with E-state index >= 15 is 0 Å². The van der Waals surface area contributed by atoms with Crippen molar-refractivity contribution in [2.24, 2.45) is 0 Å². The van der Waals surface area contributed by atoms with Crippen LogP contribution in [0, 0.1) is 6.92 Å². The summed E-state index contributed by atoms with van der Waals surface area (Å²) >= 11 is 0. The van der Waals surface area contributed by atoms with Crippen molar-refractivity contribution in [2.75, 3.05) is 0 Å². The molecule has 0 amide bonds. The summed E-state index contributed by atoms with van der Waals surface area (Å²) in [5.41, 5.74) is 3.86. The van der Waals surface area contributed by atoms with Crippen LogP contribution in [-0.2, 0) is 0 Å². The number of aryl methyl sites for hydroxylation is 1. The summed E-state index contributed by atoms with van der Waals surface area (Å²) in [6, 6.07) is 19.6. The first kappa shape index (κ1) is 14.1. The van der Waals surface area contributed by atoms with Gasteiger partial charge in [0.25, 0.3) is 0 Å². The van der Waals surface area contributed by atoms with Gasteiger partial charge in [-0.2, -0.15) is 0 Å². The Kier molecular flexibility index (Phi) is 3.79. The minimum atomic E-state index is -0.0176. The number of carbonyl (C=O) groups is 1. The van der Waals surface area contributed by atoms with E-state index in [1.165, 1.54) is 0 Å². The first-order chi connectivity index (χ1) is 10.7. The van der Waals surface area contributed by atoms with E-state index in [9.17, 15) is 4.79 Å². The third-order valence-corrected chi connectivity index (χ3v) is 3.52. The lowest BCUT2D eigenvalue weighted by molar-refractivity contribution is 0.101. The third-order valence-electron chi connectivity index (χ3n) is 3.52. The molecular formula is C19H16N2O. The fourth-order valence-electron chi connectivity index (χ4n) is 2.52. The summed E-state index contributed by atoms with van der Waals surface area (Å²) in [5.74, 6) is 0.623. The predicted molar refractivity (Wildman–Crippen MR) is 87.6 cm³/mol. The van der Waals surface area contributed by atoms with Gasteiger partial charge in [-0.15, -0.1) is 0 Å². The van der Waals surface area contributed by atoms with Crippen molar-refractivity contribution in [2.45, 2.75) is 13.8 Å². The van der Waals surface area contributed by atoms with Gasteiger partial charge in [0.1, 0.15) is 0 Å². The predicted octanol–water partition coefficient (Wildman–Crippen LogP) is 4.32. The molecule has 0 aliphatic rings. The molecule has 22 heavy (non-hydrogen) atoms. The summed E-state index contributed by atoms with van der Waals surface area (Å²) in [6.07, 6.45) is 0. The fourth-order valence-corrected chi connectivity index (χ4v) is 2.52. The number of hydrogen-bond acceptors (Lipinski definition) is 3. The number of rotatable bonds is 3. The standard InChI is InChI=1S/C19H16N2O/c1-13-17(14(2)22)18(15-9-5-3-6-10-15)21-19(20-13)16-11-7-4-8-12-16/h3-12H,1-2H3. The maximum Gasteiger partial charge on any atom is 0.163 e. The normalized spacial score (nSPS) is 10.5. The summed E-state index contributed by atoms with van der Waals surface area (Å²) < 4.78 is 0. The smallest absolute Gasteiger partial charge is 0.163 e. The van der Waals surface area contributed by atoms with Crippen molar-refractivity contribution in [1.82, 2.24) is 9.97 Å². The van der Waals surface area contributed by atoms with Crippen LogP contribution in [0.1, 0.15) is 23.0 Å². The van der Waals surface area contributed by atoms with Crippen molar-refractivity contribution >= 4 is 5.78 Å². The van der Waals surface area contributed by atoms with E-state index < -0.39 is 0 Å². The number of Topliss-reactive ketones (excluding diaryl/α,β-unsaturated/α-hetero) is 1. The lowest BCUT2D eigenvalue weighted by atomic mass is 10.0. The molecule has 0 fully saturated rings. The highest BCUT2D eigenvalue weighted by atomic mass is 16.1. The van der Waals surface area contributed by atoms with Crippen molar-refractivity contribution in [3.8, 4) is 22.6 Å². The highest BCUT2D eigenvalue weighted by molar-refractivity contribution is 6.01. The van der Waals surface area contributed by atoms with E-state index in [1.807, 2.05) is 67.6 Å². The molecule has 0 N–H and O–H groups in total. The van der Waals surface area contributed by atoms with Gasteiger partial charge in [-0.1, -0.05) is 60.7 Å². The van der Waals surface area contributed by atoms with Gasteiger partial charge in [0, 0.05) is 11.1 Å². The number of aromatic nitrogens is 2. The molecule has 1 heterocycles.